The van der Waals surface area contributed by atoms with Crippen LogP contribution in [0.3, 0.4) is 0 Å². The fourth-order valence-corrected chi connectivity index (χ4v) is 2.33. The Bertz CT molecular complexity index is 843. The molecule has 0 saturated heterocycles. The Kier molecular flexibility index (Phi) is 4.25. The van der Waals surface area contributed by atoms with Gasteiger partial charge in [-0.1, -0.05) is 48.0 Å². The van der Waals surface area contributed by atoms with E-state index in [-0.39, 0.29) is 5.02 Å². The molecule has 0 radical (unpaired) electrons. The number of nitrogens with one attached hydrogen (secondary N) is 2. The Morgan fingerprint density at radius 1 is 1.18 bits per heavy atom. The first-order chi connectivity index (χ1) is 10.8. The second-order valence-electron chi connectivity index (χ2n) is 4.68. The van der Waals surface area contributed by atoms with E-state index in [0.717, 1.165) is 16.5 Å². The van der Waals surface area contributed by atoms with Crippen LogP contribution in [0, 0.1) is 0 Å². The maximum absolute atomic E-state index is 11.3. The number of ether oxygens (including phenoxy) is 1. The van der Waals surface area contributed by atoms with Crippen LogP contribution < -0.4 is 15.6 Å². The Balaban J connectivity index is 1.63. The maximum Gasteiger partial charge on any atom is 0.285 e. The van der Waals surface area contributed by atoms with Crippen molar-refractivity contribution in [2.24, 2.45) is 0 Å². The molecule has 0 saturated carbocycles. The smallest absolute Gasteiger partial charge is 0.285 e. The van der Waals surface area contributed by atoms with Gasteiger partial charge in [0.1, 0.15) is 17.4 Å². The third kappa shape index (κ3) is 3.04. The lowest BCUT2D eigenvalue weighted by Crippen LogP contribution is -2.16. The summed E-state index contributed by atoms with van der Waals surface area (Å²) >= 11 is 5.88. The highest BCUT2D eigenvalue weighted by atomic mass is 35.5. The van der Waals surface area contributed by atoms with Crippen LogP contribution in [0.15, 0.2) is 53.5 Å². The fraction of sp³-hybridized carbons (Fsp3) is 0.125. The van der Waals surface area contributed by atoms with Crippen LogP contribution in [-0.4, -0.2) is 23.3 Å². The number of H-pyrrole nitrogens is 1. The average molecular weight is 316 g/mol. The van der Waals surface area contributed by atoms with Gasteiger partial charge >= 0.3 is 0 Å². The first-order valence-corrected chi connectivity index (χ1v) is 7.21. The normalized spacial score (nSPS) is 10.6. The van der Waals surface area contributed by atoms with Crippen molar-refractivity contribution in [1.29, 1.82) is 0 Å². The Morgan fingerprint density at radius 3 is 2.91 bits per heavy atom. The van der Waals surface area contributed by atoms with Gasteiger partial charge in [0.05, 0.1) is 11.9 Å². The Labute approximate surface area is 131 Å². The summed E-state index contributed by atoms with van der Waals surface area (Å²) < 4.78 is 5.80. The lowest BCUT2D eigenvalue weighted by molar-refractivity contribution is 0.337. The van der Waals surface area contributed by atoms with E-state index in [0.29, 0.717) is 18.8 Å². The minimum Gasteiger partial charge on any atom is -0.491 e. The number of nitrogens with zero attached hydrogens (tertiary/aromatic N) is 1. The molecule has 0 fully saturated rings. The van der Waals surface area contributed by atoms with Gasteiger partial charge in [-0.3, -0.25) is 4.79 Å². The minimum atomic E-state index is -0.415. The number of hydrogen-bond donors (Lipinski definition) is 2. The van der Waals surface area contributed by atoms with Gasteiger partial charge in [0.25, 0.3) is 5.56 Å². The Morgan fingerprint density at radius 2 is 2.00 bits per heavy atom. The number of halogens is 1. The molecule has 2 aromatic carbocycles. The number of aromatic nitrogens is 2. The summed E-state index contributed by atoms with van der Waals surface area (Å²) in [5.41, 5.74) is 0.0774. The predicted octanol–water partition coefficient (Wildman–Crippen LogP) is 3.07. The van der Waals surface area contributed by atoms with E-state index in [1.807, 2.05) is 42.5 Å². The third-order valence-electron chi connectivity index (χ3n) is 3.22. The summed E-state index contributed by atoms with van der Waals surface area (Å²) in [5.74, 6) is 0.829. The molecule has 0 spiro atoms. The van der Waals surface area contributed by atoms with Gasteiger partial charge < -0.3 is 10.1 Å². The van der Waals surface area contributed by atoms with E-state index in [9.17, 15) is 4.79 Å². The number of anilines is 1. The summed E-state index contributed by atoms with van der Waals surface area (Å²) in [5, 5.41) is 11.3. The van der Waals surface area contributed by atoms with Crippen LogP contribution in [0.2, 0.25) is 5.02 Å². The van der Waals surface area contributed by atoms with E-state index in [2.05, 4.69) is 15.5 Å². The van der Waals surface area contributed by atoms with E-state index in [1.165, 1.54) is 6.20 Å². The molecule has 1 heterocycles. The summed E-state index contributed by atoms with van der Waals surface area (Å²) in [6, 6.07) is 14.0. The summed E-state index contributed by atoms with van der Waals surface area (Å²) in [7, 11) is 0. The number of aromatic amines is 1. The summed E-state index contributed by atoms with van der Waals surface area (Å²) in [4.78, 5) is 11.3. The van der Waals surface area contributed by atoms with Crippen LogP contribution in [0.1, 0.15) is 0 Å². The monoisotopic (exact) mass is 315 g/mol. The molecule has 0 aliphatic heterocycles. The van der Waals surface area contributed by atoms with Crippen molar-refractivity contribution in [3.63, 3.8) is 0 Å². The van der Waals surface area contributed by atoms with E-state index in [1.54, 1.807) is 0 Å². The first-order valence-electron chi connectivity index (χ1n) is 6.83. The topological polar surface area (TPSA) is 67.0 Å². The molecular weight excluding hydrogens is 302 g/mol. The zero-order valence-electron chi connectivity index (χ0n) is 11.7. The molecule has 0 atom stereocenters. The van der Waals surface area contributed by atoms with Crippen molar-refractivity contribution in [3.05, 3.63) is 64.0 Å². The van der Waals surface area contributed by atoms with Gasteiger partial charge in [0, 0.05) is 11.9 Å². The van der Waals surface area contributed by atoms with Gasteiger partial charge in [-0.25, -0.2) is 5.10 Å². The fourth-order valence-electron chi connectivity index (χ4n) is 2.18. The molecule has 0 bridgehead atoms. The van der Waals surface area contributed by atoms with Crippen molar-refractivity contribution in [3.8, 4) is 5.75 Å². The van der Waals surface area contributed by atoms with Gasteiger partial charge in [0.2, 0.25) is 0 Å². The van der Waals surface area contributed by atoms with Crippen molar-refractivity contribution in [1.82, 2.24) is 10.2 Å². The quantitative estimate of drug-likeness (QED) is 0.710. The molecule has 2 N–H and O–H groups in total. The van der Waals surface area contributed by atoms with Crippen molar-refractivity contribution >= 4 is 28.1 Å². The van der Waals surface area contributed by atoms with E-state index in [4.69, 9.17) is 16.3 Å². The highest BCUT2D eigenvalue weighted by Crippen LogP contribution is 2.25. The largest absolute Gasteiger partial charge is 0.491 e. The number of benzene rings is 2. The third-order valence-corrected chi connectivity index (χ3v) is 3.60. The van der Waals surface area contributed by atoms with Gasteiger partial charge in [-0.15, -0.1) is 0 Å². The van der Waals surface area contributed by atoms with Crippen LogP contribution in [0.25, 0.3) is 10.8 Å². The molecule has 112 valence electrons. The average Bonchev–Trinajstić information content (AvgIpc) is 2.55. The second kappa shape index (κ2) is 6.49. The maximum atomic E-state index is 11.3. The SMILES string of the molecule is O=c1[nH]ncc(NCCOc2cccc3ccccc23)c1Cl. The second-order valence-corrected chi connectivity index (χ2v) is 5.06. The molecule has 3 rings (SSSR count). The number of fused-ring (bicyclic) bond motifs is 1. The highest BCUT2D eigenvalue weighted by molar-refractivity contribution is 6.32. The van der Waals surface area contributed by atoms with Crippen molar-refractivity contribution in [2.75, 3.05) is 18.5 Å². The molecule has 0 aliphatic rings. The van der Waals surface area contributed by atoms with Gasteiger partial charge in [-0.05, 0) is 11.5 Å². The molecule has 1 aromatic heterocycles. The van der Waals surface area contributed by atoms with Crippen LogP contribution >= 0.6 is 11.6 Å². The minimum absolute atomic E-state index is 0.0974. The standard InChI is InChI=1S/C16H14ClN3O2/c17-15-13(10-19-20-16(15)21)18-8-9-22-14-7-3-5-11-4-1-2-6-12(11)14/h1-7,10H,8-9H2,(H2,18,20,21). The lowest BCUT2D eigenvalue weighted by atomic mass is 10.1. The Hall–Kier alpha value is -2.53. The number of rotatable bonds is 5. The van der Waals surface area contributed by atoms with E-state index < -0.39 is 5.56 Å². The molecule has 0 unspecified atom stereocenters. The lowest BCUT2D eigenvalue weighted by Gasteiger charge is -2.11. The van der Waals surface area contributed by atoms with Crippen LogP contribution in [-0.2, 0) is 0 Å². The van der Waals surface area contributed by atoms with Crippen molar-refractivity contribution < 1.29 is 4.74 Å². The van der Waals surface area contributed by atoms with Crippen LogP contribution in [0.4, 0.5) is 5.69 Å². The van der Waals surface area contributed by atoms with Gasteiger partial charge in [0.15, 0.2) is 0 Å². The van der Waals surface area contributed by atoms with E-state index >= 15 is 0 Å². The molecule has 6 heteroatoms. The molecular formula is C16H14ClN3O2. The number of hydrogen-bond acceptors (Lipinski definition) is 4. The molecule has 5 nitrogen and oxygen atoms in total. The predicted molar refractivity (Wildman–Crippen MR) is 87.8 cm³/mol. The summed E-state index contributed by atoms with van der Waals surface area (Å²) in [6.07, 6.45) is 1.47. The molecule has 3 aromatic rings. The zero-order valence-corrected chi connectivity index (χ0v) is 12.4. The molecule has 0 aliphatic carbocycles. The summed E-state index contributed by atoms with van der Waals surface area (Å²) in [6.45, 7) is 0.950. The molecule has 0 amide bonds. The van der Waals surface area contributed by atoms with Gasteiger partial charge in [-0.2, -0.15) is 5.10 Å². The first kappa shape index (κ1) is 14.4. The van der Waals surface area contributed by atoms with Crippen molar-refractivity contribution in [2.45, 2.75) is 0 Å². The zero-order chi connectivity index (χ0) is 15.4. The highest BCUT2D eigenvalue weighted by Gasteiger charge is 2.04. The van der Waals surface area contributed by atoms with Crippen LogP contribution in [0.5, 0.6) is 5.75 Å². The molecule has 22 heavy (non-hydrogen) atoms.